The Labute approximate surface area is 199 Å². The van der Waals surface area contributed by atoms with Crippen LogP contribution < -0.4 is 5.32 Å². The number of sulfonamides is 1. The molecule has 1 fully saturated rings. The standard InChI is InChI=1S/C25H28N2O4S2/c1-2-5-19-9-11-20(12-10-19)24(23-8-4-17-32-23)26-25(28)21-6-3-7-22(18-21)33(29,30)27-13-15-31-16-14-27/h3-4,6-12,17-18,24H,2,5,13-16H2,1H3,(H,26,28)/t24-/m1/s1. The summed E-state index contributed by atoms with van der Waals surface area (Å²) in [6, 6.07) is 18.2. The maximum Gasteiger partial charge on any atom is 0.252 e. The molecule has 0 aliphatic carbocycles. The third kappa shape index (κ3) is 5.52. The van der Waals surface area contributed by atoms with E-state index in [1.165, 1.54) is 22.0 Å². The summed E-state index contributed by atoms with van der Waals surface area (Å²) in [6.07, 6.45) is 2.09. The molecule has 1 saturated heterocycles. The minimum atomic E-state index is -3.68. The zero-order chi connectivity index (χ0) is 23.3. The number of thiophene rings is 1. The number of benzene rings is 2. The summed E-state index contributed by atoms with van der Waals surface area (Å²) in [7, 11) is -3.68. The SMILES string of the molecule is CCCc1ccc([C@@H](NC(=O)c2cccc(S(=O)(=O)N3CCOCC3)c2)c2cccs2)cc1. The molecule has 1 atom stereocenters. The van der Waals surface area contributed by atoms with Crippen molar-refractivity contribution >= 4 is 27.3 Å². The van der Waals surface area contributed by atoms with Gasteiger partial charge < -0.3 is 10.1 Å². The molecule has 1 aliphatic heterocycles. The molecule has 6 nitrogen and oxygen atoms in total. The van der Waals surface area contributed by atoms with Crippen molar-refractivity contribution in [1.82, 2.24) is 9.62 Å². The molecule has 0 spiro atoms. The van der Waals surface area contributed by atoms with Gasteiger partial charge in [-0.2, -0.15) is 4.31 Å². The van der Waals surface area contributed by atoms with E-state index in [-0.39, 0.29) is 16.8 Å². The molecule has 33 heavy (non-hydrogen) atoms. The first-order valence-corrected chi connectivity index (χ1v) is 13.4. The highest BCUT2D eigenvalue weighted by Crippen LogP contribution is 2.27. The van der Waals surface area contributed by atoms with E-state index in [0.29, 0.717) is 31.9 Å². The summed E-state index contributed by atoms with van der Waals surface area (Å²) in [5, 5.41) is 5.09. The normalized spacial score (nSPS) is 15.8. The Kier molecular flexibility index (Phi) is 7.60. The van der Waals surface area contributed by atoms with Crippen molar-refractivity contribution in [3.05, 3.63) is 87.6 Å². The molecule has 0 radical (unpaired) electrons. The van der Waals surface area contributed by atoms with Crippen molar-refractivity contribution in [2.45, 2.75) is 30.7 Å². The fraction of sp³-hybridized carbons (Fsp3) is 0.320. The molecule has 174 valence electrons. The Bertz CT molecular complexity index is 1170. The molecule has 0 saturated carbocycles. The number of nitrogens with zero attached hydrogens (tertiary/aromatic N) is 1. The largest absolute Gasteiger partial charge is 0.379 e. The first-order chi connectivity index (χ1) is 16.0. The predicted octanol–water partition coefficient (Wildman–Crippen LogP) is 4.24. The Morgan fingerprint density at radius 1 is 1.09 bits per heavy atom. The summed E-state index contributed by atoms with van der Waals surface area (Å²) in [4.78, 5) is 14.4. The van der Waals surface area contributed by atoms with Crippen LogP contribution in [0.4, 0.5) is 0 Å². The molecule has 1 N–H and O–H groups in total. The summed E-state index contributed by atoms with van der Waals surface area (Å²) in [5.41, 5.74) is 2.56. The van der Waals surface area contributed by atoms with Gasteiger partial charge >= 0.3 is 0 Å². The number of aryl methyl sites for hydroxylation is 1. The first kappa shape index (κ1) is 23.6. The predicted molar refractivity (Wildman–Crippen MR) is 130 cm³/mol. The van der Waals surface area contributed by atoms with Crippen LogP contribution in [0.15, 0.2) is 70.9 Å². The number of hydrogen-bond donors (Lipinski definition) is 1. The fourth-order valence-electron chi connectivity index (χ4n) is 3.89. The van der Waals surface area contributed by atoms with Crippen molar-refractivity contribution in [2.75, 3.05) is 26.3 Å². The van der Waals surface area contributed by atoms with Crippen molar-refractivity contribution in [3.8, 4) is 0 Å². The van der Waals surface area contributed by atoms with E-state index >= 15 is 0 Å². The summed E-state index contributed by atoms with van der Waals surface area (Å²) in [6.45, 7) is 3.52. The maximum atomic E-state index is 13.2. The van der Waals surface area contributed by atoms with Crippen LogP contribution in [0.25, 0.3) is 0 Å². The number of carbonyl (C=O) groups is 1. The quantitative estimate of drug-likeness (QED) is 0.519. The van der Waals surface area contributed by atoms with Crippen LogP contribution >= 0.6 is 11.3 Å². The minimum Gasteiger partial charge on any atom is -0.379 e. The Morgan fingerprint density at radius 3 is 2.52 bits per heavy atom. The Balaban J connectivity index is 1.58. The summed E-state index contributed by atoms with van der Waals surface area (Å²) >= 11 is 1.57. The number of hydrogen-bond acceptors (Lipinski definition) is 5. The van der Waals surface area contributed by atoms with Crippen molar-refractivity contribution in [2.24, 2.45) is 0 Å². The molecule has 2 aromatic carbocycles. The Hall–Kier alpha value is -2.52. The van der Waals surface area contributed by atoms with Gasteiger partial charge in [0.25, 0.3) is 5.91 Å². The van der Waals surface area contributed by atoms with Crippen LogP contribution in [-0.4, -0.2) is 44.9 Å². The fourth-order valence-corrected chi connectivity index (χ4v) is 6.14. The Morgan fingerprint density at radius 2 is 1.85 bits per heavy atom. The van der Waals surface area contributed by atoms with E-state index in [9.17, 15) is 13.2 Å². The molecular weight excluding hydrogens is 456 g/mol. The molecule has 1 aromatic heterocycles. The van der Waals surface area contributed by atoms with Crippen LogP contribution in [0.3, 0.4) is 0 Å². The molecule has 0 bridgehead atoms. The van der Waals surface area contributed by atoms with Gasteiger partial charge in [0.2, 0.25) is 10.0 Å². The number of ether oxygens (including phenoxy) is 1. The van der Waals surface area contributed by atoms with Crippen LogP contribution in [0.2, 0.25) is 0 Å². The molecule has 8 heteroatoms. The maximum absolute atomic E-state index is 13.2. The number of amides is 1. The second-order valence-electron chi connectivity index (χ2n) is 7.96. The lowest BCUT2D eigenvalue weighted by Crippen LogP contribution is -2.40. The zero-order valence-corrected chi connectivity index (χ0v) is 20.2. The highest BCUT2D eigenvalue weighted by atomic mass is 32.2. The van der Waals surface area contributed by atoms with Gasteiger partial charge in [0.05, 0.1) is 24.2 Å². The van der Waals surface area contributed by atoms with Crippen LogP contribution in [0.1, 0.15) is 45.7 Å². The number of rotatable bonds is 8. The van der Waals surface area contributed by atoms with E-state index < -0.39 is 10.0 Å². The molecular formula is C25H28N2O4S2. The van der Waals surface area contributed by atoms with Gasteiger partial charge in [0.1, 0.15) is 0 Å². The summed E-state index contributed by atoms with van der Waals surface area (Å²) in [5.74, 6) is -0.315. The molecule has 1 aliphatic rings. The second kappa shape index (κ2) is 10.6. The molecule has 2 heterocycles. The van der Waals surface area contributed by atoms with Gasteiger partial charge in [-0.05, 0) is 47.2 Å². The molecule has 3 aromatic rings. The van der Waals surface area contributed by atoms with Gasteiger partial charge in [0, 0.05) is 23.5 Å². The zero-order valence-electron chi connectivity index (χ0n) is 18.6. The van der Waals surface area contributed by atoms with Crippen LogP contribution in [0.5, 0.6) is 0 Å². The van der Waals surface area contributed by atoms with Crippen LogP contribution in [-0.2, 0) is 21.2 Å². The third-order valence-corrected chi connectivity index (χ3v) is 8.49. The third-order valence-electron chi connectivity index (χ3n) is 5.66. The lowest BCUT2D eigenvalue weighted by atomic mass is 10.0. The van der Waals surface area contributed by atoms with Crippen molar-refractivity contribution in [1.29, 1.82) is 0 Å². The first-order valence-electron chi connectivity index (χ1n) is 11.1. The molecule has 1 amide bonds. The monoisotopic (exact) mass is 484 g/mol. The van der Waals surface area contributed by atoms with E-state index in [1.807, 2.05) is 17.5 Å². The van der Waals surface area contributed by atoms with Crippen molar-refractivity contribution in [3.63, 3.8) is 0 Å². The highest BCUT2D eigenvalue weighted by Gasteiger charge is 2.27. The number of carbonyl (C=O) groups excluding carboxylic acids is 1. The summed E-state index contributed by atoms with van der Waals surface area (Å²) < 4.78 is 32.7. The highest BCUT2D eigenvalue weighted by molar-refractivity contribution is 7.89. The second-order valence-corrected chi connectivity index (χ2v) is 10.9. The van der Waals surface area contributed by atoms with E-state index in [0.717, 1.165) is 23.3 Å². The van der Waals surface area contributed by atoms with Gasteiger partial charge in [-0.1, -0.05) is 49.7 Å². The topological polar surface area (TPSA) is 75.7 Å². The minimum absolute atomic E-state index is 0.119. The van der Waals surface area contributed by atoms with Crippen molar-refractivity contribution < 1.29 is 17.9 Å². The lowest BCUT2D eigenvalue weighted by molar-refractivity contribution is 0.0730. The average molecular weight is 485 g/mol. The van der Waals surface area contributed by atoms with E-state index in [4.69, 9.17) is 4.74 Å². The number of morpholine rings is 1. The van der Waals surface area contributed by atoms with Gasteiger partial charge in [-0.25, -0.2) is 8.42 Å². The molecule has 4 rings (SSSR count). The van der Waals surface area contributed by atoms with Gasteiger partial charge in [-0.3, -0.25) is 4.79 Å². The van der Waals surface area contributed by atoms with E-state index in [2.05, 4.69) is 36.5 Å². The number of nitrogens with one attached hydrogen (secondary N) is 1. The average Bonchev–Trinajstić information content (AvgIpc) is 3.38. The molecule has 0 unspecified atom stereocenters. The lowest BCUT2D eigenvalue weighted by Gasteiger charge is -2.26. The van der Waals surface area contributed by atoms with Crippen LogP contribution in [0, 0.1) is 0 Å². The van der Waals surface area contributed by atoms with E-state index in [1.54, 1.807) is 23.5 Å². The van der Waals surface area contributed by atoms with Gasteiger partial charge in [0.15, 0.2) is 0 Å². The van der Waals surface area contributed by atoms with Gasteiger partial charge in [-0.15, -0.1) is 11.3 Å². The smallest absolute Gasteiger partial charge is 0.252 e.